The number of halogens is 1. The molecule has 0 aromatic heterocycles. The zero-order valence-corrected chi connectivity index (χ0v) is 18.1. The van der Waals surface area contributed by atoms with Crippen LogP contribution in [0.5, 0.6) is 5.75 Å². The number of hydrogen-bond donors (Lipinski definition) is 0. The molecule has 0 saturated carbocycles. The van der Waals surface area contributed by atoms with Gasteiger partial charge in [0.1, 0.15) is 12.3 Å². The van der Waals surface area contributed by atoms with Crippen LogP contribution in [0.1, 0.15) is 33.6 Å². The van der Waals surface area contributed by atoms with Gasteiger partial charge < -0.3 is 4.74 Å². The average Bonchev–Trinajstić information content (AvgIpc) is 3.07. The zero-order valence-electron chi connectivity index (χ0n) is 17.4. The number of rotatable bonds is 6. The first-order valence-corrected chi connectivity index (χ1v) is 10.6. The number of fused-ring (bicyclic) bond motifs is 1. The van der Waals surface area contributed by atoms with Gasteiger partial charge in [-0.15, -0.1) is 0 Å². The van der Waals surface area contributed by atoms with E-state index in [0.717, 1.165) is 10.0 Å². The second-order valence-corrected chi connectivity index (χ2v) is 8.11. The van der Waals surface area contributed by atoms with Crippen molar-refractivity contribution in [3.8, 4) is 5.75 Å². The average molecular weight is 453 g/mol. The number of nitrogens with zero attached hydrogens (tertiary/aromatic N) is 2. The Kier molecular flexibility index (Phi) is 6.10. The van der Waals surface area contributed by atoms with E-state index in [9.17, 15) is 19.2 Å². The summed E-state index contributed by atoms with van der Waals surface area (Å²) in [6.45, 7) is -0.473. The van der Waals surface area contributed by atoms with Gasteiger partial charge in [0.25, 0.3) is 17.7 Å². The molecule has 3 amide bonds. The molecule has 0 radical (unpaired) electrons. The third kappa shape index (κ3) is 4.03. The summed E-state index contributed by atoms with van der Waals surface area (Å²) in [6, 6.07) is 12.5. The van der Waals surface area contributed by atoms with Crippen LogP contribution in [-0.4, -0.2) is 47.2 Å². The number of Topliss-reactive ketones (excluding diaryl/α,β-unsaturated/α-hetero) is 1. The van der Waals surface area contributed by atoms with Crippen LogP contribution in [0, 0.1) is 11.8 Å². The summed E-state index contributed by atoms with van der Waals surface area (Å²) in [4.78, 5) is 52.7. The van der Waals surface area contributed by atoms with Crippen molar-refractivity contribution >= 4 is 35.1 Å². The van der Waals surface area contributed by atoms with Crippen LogP contribution in [0.25, 0.3) is 0 Å². The summed E-state index contributed by atoms with van der Waals surface area (Å²) in [6.07, 6.45) is 4.59. The molecule has 2 aliphatic rings. The van der Waals surface area contributed by atoms with Gasteiger partial charge in [-0.25, -0.2) is 5.01 Å². The van der Waals surface area contributed by atoms with Gasteiger partial charge in [0.2, 0.25) is 0 Å². The van der Waals surface area contributed by atoms with Gasteiger partial charge >= 0.3 is 0 Å². The highest BCUT2D eigenvalue weighted by Gasteiger charge is 2.51. The van der Waals surface area contributed by atoms with Crippen LogP contribution in [0.4, 0.5) is 0 Å². The van der Waals surface area contributed by atoms with Crippen LogP contribution >= 0.6 is 11.6 Å². The second-order valence-electron chi connectivity index (χ2n) is 7.67. The van der Waals surface area contributed by atoms with Gasteiger partial charge in [0.15, 0.2) is 5.78 Å². The van der Waals surface area contributed by atoms with Gasteiger partial charge in [-0.3, -0.25) is 19.2 Å². The maximum Gasteiger partial charge on any atom is 0.273 e. The lowest BCUT2D eigenvalue weighted by molar-refractivity contribution is -0.154. The predicted octanol–water partition coefficient (Wildman–Crippen LogP) is 3.54. The lowest BCUT2D eigenvalue weighted by atomic mass is 9.85. The molecule has 7 nitrogen and oxygen atoms in total. The van der Waals surface area contributed by atoms with Gasteiger partial charge in [-0.05, 0) is 49.2 Å². The van der Waals surface area contributed by atoms with E-state index in [1.54, 1.807) is 24.3 Å². The van der Waals surface area contributed by atoms with Crippen molar-refractivity contribution in [3.05, 3.63) is 76.8 Å². The third-order valence-corrected chi connectivity index (χ3v) is 5.99. The molecular weight excluding hydrogens is 432 g/mol. The Bertz CT molecular complexity index is 1090. The van der Waals surface area contributed by atoms with E-state index in [4.69, 9.17) is 16.3 Å². The summed E-state index contributed by atoms with van der Waals surface area (Å²) in [5, 5.41) is 2.25. The molecule has 32 heavy (non-hydrogen) atoms. The van der Waals surface area contributed by atoms with E-state index in [-0.39, 0.29) is 5.56 Å². The second kappa shape index (κ2) is 8.96. The first kappa shape index (κ1) is 21.8. The van der Waals surface area contributed by atoms with Crippen LogP contribution in [0.3, 0.4) is 0 Å². The Morgan fingerprint density at radius 3 is 2.22 bits per heavy atom. The van der Waals surface area contributed by atoms with E-state index in [1.807, 2.05) is 12.2 Å². The van der Waals surface area contributed by atoms with Crippen molar-refractivity contribution in [2.24, 2.45) is 11.8 Å². The fourth-order valence-electron chi connectivity index (χ4n) is 4.02. The van der Waals surface area contributed by atoms with Crippen LogP contribution < -0.4 is 4.74 Å². The van der Waals surface area contributed by atoms with Crippen molar-refractivity contribution in [2.45, 2.75) is 12.8 Å². The highest BCUT2D eigenvalue weighted by molar-refractivity contribution is 6.30. The molecule has 4 rings (SSSR count). The number of allylic oxidation sites excluding steroid dienone is 2. The standard InChI is InChI=1S/C24H21ClN2O5/c1-32-18-6-4-5-16(13-18)21(28)14-26(22(29)15-9-11-17(25)12-10-15)27-23(30)19-7-2-3-8-20(19)24(27)31/h2-6,9-13,19-20H,7-8,14H2,1H3/t19-,20-/m1/s1. The Hall–Kier alpha value is -3.45. The number of methoxy groups -OCH3 is 1. The first-order chi connectivity index (χ1) is 15.4. The monoisotopic (exact) mass is 452 g/mol. The molecule has 1 aliphatic heterocycles. The number of imide groups is 1. The molecule has 2 aromatic rings. The molecule has 0 N–H and O–H groups in total. The number of amides is 3. The number of hydrazine groups is 1. The minimum absolute atomic E-state index is 0.210. The summed E-state index contributed by atoms with van der Waals surface area (Å²) in [7, 11) is 1.48. The predicted molar refractivity (Wildman–Crippen MR) is 117 cm³/mol. The molecule has 0 bridgehead atoms. The lowest BCUT2D eigenvalue weighted by Crippen LogP contribution is -2.52. The highest BCUT2D eigenvalue weighted by atomic mass is 35.5. The smallest absolute Gasteiger partial charge is 0.273 e. The molecule has 8 heteroatoms. The van der Waals surface area contributed by atoms with Crippen LogP contribution in [0.2, 0.25) is 5.02 Å². The normalized spacial score (nSPS) is 19.6. The largest absolute Gasteiger partial charge is 0.497 e. The summed E-state index contributed by atoms with van der Waals surface area (Å²) >= 11 is 5.93. The molecule has 1 fully saturated rings. The van der Waals surface area contributed by atoms with Crippen molar-refractivity contribution in [1.82, 2.24) is 10.0 Å². The Morgan fingerprint density at radius 1 is 1.00 bits per heavy atom. The number of ketones is 1. The van der Waals surface area contributed by atoms with E-state index < -0.39 is 41.9 Å². The third-order valence-electron chi connectivity index (χ3n) is 5.74. The molecule has 1 heterocycles. The molecule has 1 aliphatic carbocycles. The van der Waals surface area contributed by atoms with Crippen molar-refractivity contribution < 1.29 is 23.9 Å². The topological polar surface area (TPSA) is 84.0 Å². The van der Waals surface area contributed by atoms with Gasteiger partial charge in [0, 0.05) is 16.1 Å². The Labute approximate surface area is 190 Å². The van der Waals surface area contributed by atoms with Crippen molar-refractivity contribution in [1.29, 1.82) is 0 Å². The maximum absolute atomic E-state index is 13.4. The minimum Gasteiger partial charge on any atom is -0.497 e. The Balaban J connectivity index is 1.69. The maximum atomic E-state index is 13.4. The molecule has 0 unspecified atom stereocenters. The van der Waals surface area contributed by atoms with Gasteiger partial charge in [-0.2, -0.15) is 5.01 Å². The molecule has 0 spiro atoms. The molecular formula is C24H21ClN2O5. The van der Waals surface area contributed by atoms with Crippen molar-refractivity contribution in [2.75, 3.05) is 13.7 Å². The molecule has 164 valence electrons. The number of benzene rings is 2. The minimum atomic E-state index is -0.633. The molecule has 2 atom stereocenters. The summed E-state index contributed by atoms with van der Waals surface area (Å²) in [5.74, 6) is -2.57. The SMILES string of the molecule is COc1cccc(C(=O)CN(C(=O)c2ccc(Cl)cc2)N2C(=O)[C@@H]3CC=CC[C@H]3C2=O)c1. The quantitative estimate of drug-likeness (QED) is 0.380. The van der Waals surface area contributed by atoms with E-state index >= 15 is 0 Å². The highest BCUT2D eigenvalue weighted by Crippen LogP contribution is 2.36. The Morgan fingerprint density at radius 2 is 1.62 bits per heavy atom. The number of carbonyl (C=O) groups is 4. The number of ether oxygens (including phenoxy) is 1. The summed E-state index contributed by atoms with van der Waals surface area (Å²) in [5.41, 5.74) is 0.512. The van der Waals surface area contributed by atoms with Gasteiger partial charge in [-0.1, -0.05) is 35.9 Å². The van der Waals surface area contributed by atoms with E-state index in [0.29, 0.717) is 29.2 Å². The fraction of sp³-hybridized carbons (Fsp3) is 0.250. The zero-order chi connectivity index (χ0) is 22.8. The first-order valence-electron chi connectivity index (χ1n) is 10.2. The number of carbonyl (C=O) groups excluding carboxylic acids is 4. The number of hydrogen-bond acceptors (Lipinski definition) is 5. The lowest BCUT2D eigenvalue weighted by Gasteiger charge is -2.30. The van der Waals surface area contributed by atoms with E-state index in [2.05, 4.69) is 0 Å². The van der Waals surface area contributed by atoms with Crippen LogP contribution in [0.15, 0.2) is 60.7 Å². The fourth-order valence-corrected chi connectivity index (χ4v) is 4.15. The van der Waals surface area contributed by atoms with Gasteiger partial charge in [0.05, 0.1) is 18.9 Å². The summed E-state index contributed by atoms with van der Waals surface area (Å²) < 4.78 is 5.17. The van der Waals surface area contributed by atoms with E-state index in [1.165, 1.54) is 31.4 Å². The van der Waals surface area contributed by atoms with Crippen LogP contribution in [-0.2, 0) is 9.59 Å². The van der Waals surface area contributed by atoms with Crippen molar-refractivity contribution in [3.63, 3.8) is 0 Å². The molecule has 2 aromatic carbocycles. The molecule has 1 saturated heterocycles.